The van der Waals surface area contributed by atoms with Crippen molar-refractivity contribution in [1.29, 1.82) is 0 Å². The zero-order valence-electron chi connectivity index (χ0n) is 5.40. The molecule has 0 aliphatic carbocycles. The Bertz CT molecular complexity index is 220. The number of rotatable bonds is 2. The minimum atomic E-state index is -0.448. The van der Waals surface area contributed by atoms with Crippen LogP contribution in [0.5, 0.6) is 0 Å². The molecule has 1 radical (unpaired) electrons. The fraction of sp³-hybridized carbons (Fsp3) is 0. The Morgan fingerprint density at radius 1 is 1.30 bits per heavy atom. The molecule has 0 saturated carbocycles. The number of nitrogens with two attached hydrogens (primary N) is 1. The third kappa shape index (κ3) is 1.85. The predicted molar refractivity (Wildman–Crippen MR) is 35.5 cm³/mol. The summed E-state index contributed by atoms with van der Waals surface area (Å²) in [5.74, 6) is -0.448. The molecule has 1 rings (SSSR count). The molecule has 0 aliphatic heterocycles. The molecule has 0 unspecified atom stereocenters. The summed E-state index contributed by atoms with van der Waals surface area (Å²) in [5, 5.41) is 0. The van der Waals surface area contributed by atoms with E-state index in [1.165, 1.54) is 6.54 Å². The van der Waals surface area contributed by atoms with E-state index in [1.807, 2.05) is 18.2 Å². The normalized spacial score (nSPS) is 9.20. The van der Waals surface area contributed by atoms with Gasteiger partial charge in [0.15, 0.2) is 12.4 Å². The van der Waals surface area contributed by atoms with E-state index in [0.29, 0.717) is 0 Å². The fourth-order valence-electron chi connectivity index (χ4n) is 0.645. The average Bonchev–Trinajstić information content (AvgIpc) is 1.88. The molecule has 3 nitrogen and oxygen atoms in total. The number of pyridine rings is 1. The number of carbonyl (C=O) groups is 1. The SMILES string of the molecule is NC(=O)[CH][n+]1ccccc1. The maximum absolute atomic E-state index is 10.3. The smallest absolute Gasteiger partial charge is 0.306 e. The number of hydrogen-bond donors (Lipinski definition) is 1. The second-order valence-corrected chi connectivity index (χ2v) is 1.85. The lowest BCUT2D eigenvalue weighted by Crippen LogP contribution is -2.37. The molecule has 2 N–H and O–H groups in total. The number of primary amides is 1. The van der Waals surface area contributed by atoms with Gasteiger partial charge in [-0.3, -0.25) is 4.79 Å². The van der Waals surface area contributed by atoms with E-state index < -0.39 is 5.91 Å². The predicted octanol–water partition coefficient (Wildman–Crippen LogP) is -0.531. The van der Waals surface area contributed by atoms with Crippen LogP contribution in [0.15, 0.2) is 30.6 Å². The third-order valence-corrected chi connectivity index (χ3v) is 1.01. The second kappa shape index (κ2) is 2.96. The van der Waals surface area contributed by atoms with Crippen molar-refractivity contribution in [2.75, 3.05) is 0 Å². The minimum absolute atomic E-state index is 0.448. The average molecular weight is 136 g/mol. The third-order valence-electron chi connectivity index (χ3n) is 1.01. The molecule has 51 valence electrons. The van der Waals surface area contributed by atoms with Crippen molar-refractivity contribution >= 4 is 5.91 Å². The fourth-order valence-corrected chi connectivity index (χ4v) is 0.645. The summed E-state index contributed by atoms with van der Waals surface area (Å²) in [6.07, 6.45) is 3.48. The van der Waals surface area contributed by atoms with Crippen molar-refractivity contribution in [3.05, 3.63) is 37.1 Å². The van der Waals surface area contributed by atoms with Gasteiger partial charge in [-0.2, -0.15) is 4.57 Å². The molecule has 3 heteroatoms. The number of nitrogens with zero attached hydrogens (tertiary/aromatic N) is 1. The molecule has 10 heavy (non-hydrogen) atoms. The van der Waals surface area contributed by atoms with Crippen LogP contribution in [0.1, 0.15) is 0 Å². The van der Waals surface area contributed by atoms with E-state index in [2.05, 4.69) is 0 Å². The Balaban J connectivity index is 2.67. The number of aromatic nitrogens is 1. The lowest BCUT2D eigenvalue weighted by atomic mass is 10.5. The number of hydrogen-bond acceptors (Lipinski definition) is 1. The van der Waals surface area contributed by atoms with Gasteiger partial charge in [0.05, 0.1) is 0 Å². The minimum Gasteiger partial charge on any atom is -0.364 e. The van der Waals surface area contributed by atoms with Gasteiger partial charge in [0.2, 0.25) is 0 Å². The van der Waals surface area contributed by atoms with Crippen molar-refractivity contribution in [3.8, 4) is 0 Å². The van der Waals surface area contributed by atoms with E-state index in [-0.39, 0.29) is 0 Å². The highest BCUT2D eigenvalue weighted by Crippen LogP contribution is 1.76. The first-order chi connectivity index (χ1) is 4.79. The summed E-state index contributed by atoms with van der Waals surface area (Å²) in [5.41, 5.74) is 4.91. The van der Waals surface area contributed by atoms with Crippen molar-refractivity contribution < 1.29 is 9.36 Å². The molecule has 1 amide bonds. The molecular formula is C7H8N2O+. The molecule has 0 spiro atoms. The maximum Gasteiger partial charge on any atom is 0.306 e. The van der Waals surface area contributed by atoms with Crippen LogP contribution in [0.2, 0.25) is 0 Å². The Labute approximate surface area is 59.1 Å². The Morgan fingerprint density at radius 3 is 2.40 bits per heavy atom. The Morgan fingerprint density at radius 2 is 1.90 bits per heavy atom. The summed E-state index contributed by atoms with van der Waals surface area (Å²) in [6, 6.07) is 5.50. The van der Waals surface area contributed by atoms with E-state index >= 15 is 0 Å². The number of carbonyl (C=O) groups excluding carboxylic acids is 1. The molecular weight excluding hydrogens is 128 g/mol. The first-order valence-corrected chi connectivity index (χ1v) is 2.89. The highest BCUT2D eigenvalue weighted by Gasteiger charge is 2.03. The second-order valence-electron chi connectivity index (χ2n) is 1.85. The summed E-state index contributed by atoms with van der Waals surface area (Å²) >= 11 is 0. The highest BCUT2D eigenvalue weighted by atomic mass is 16.1. The van der Waals surface area contributed by atoms with Crippen LogP contribution in [0.4, 0.5) is 0 Å². The molecule has 1 aromatic heterocycles. The first-order valence-electron chi connectivity index (χ1n) is 2.89. The number of amides is 1. The summed E-state index contributed by atoms with van der Waals surface area (Å²) < 4.78 is 1.60. The van der Waals surface area contributed by atoms with Crippen molar-refractivity contribution in [2.24, 2.45) is 5.73 Å². The van der Waals surface area contributed by atoms with Gasteiger partial charge in [-0.25, -0.2) is 0 Å². The maximum atomic E-state index is 10.3. The Hall–Kier alpha value is -1.38. The van der Waals surface area contributed by atoms with E-state index in [4.69, 9.17) is 5.73 Å². The first kappa shape index (κ1) is 6.74. The van der Waals surface area contributed by atoms with E-state index in [0.717, 1.165) is 0 Å². The van der Waals surface area contributed by atoms with Crippen molar-refractivity contribution in [1.82, 2.24) is 0 Å². The highest BCUT2D eigenvalue weighted by molar-refractivity contribution is 5.80. The van der Waals surface area contributed by atoms with Crippen LogP contribution < -0.4 is 10.3 Å². The van der Waals surface area contributed by atoms with Gasteiger partial charge in [0, 0.05) is 12.1 Å². The topological polar surface area (TPSA) is 47.0 Å². The van der Waals surface area contributed by atoms with Gasteiger partial charge in [0.25, 0.3) is 5.91 Å². The van der Waals surface area contributed by atoms with Gasteiger partial charge in [-0.05, 0) is 0 Å². The summed E-state index contributed by atoms with van der Waals surface area (Å²) in [7, 11) is 0. The van der Waals surface area contributed by atoms with Crippen molar-refractivity contribution in [3.63, 3.8) is 0 Å². The lowest BCUT2D eigenvalue weighted by molar-refractivity contribution is -0.625. The largest absolute Gasteiger partial charge is 0.364 e. The molecule has 0 atom stereocenters. The molecule has 0 aromatic carbocycles. The van der Waals surface area contributed by atoms with Gasteiger partial charge >= 0.3 is 6.54 Å². The van der Waals surface area contributed by atoms with Crippen molar-refractivity contribution in [2.45, 2.75) is 0 Å². The molecule has 0 aliphatic rings. The van der Waals surface area contributed by atoms with E-state index in [1.54, 1.807) is 17.0 Å². The molecule has 0 saturated heterocycles. The molecule has 0 fully saturated rings. The van der Waals surface area contributed by atoms with Gasteiger partial charge in [0.1, 0.15) is 0 Å². The van der Waals surface area contributed by atoms with Gasteiger partial charge < -0.3 is 5.73 Å². The monoisotopic (exact) mass is 136 g/mol. The van der Waals surface area contributed by atoms with Crippen LogP contribution in [0, 0.1) is 6.54 Å². The van der Waals surface area contributed by atoms with Crippen LogP contribution in [-0.2, 0) is 4.79 Å². The summed E-state index contributed by atoms with van der Waals surface area (Å²) in [6.45, 7) is 1.31. The summed E-state index contributed by atoms with van der Waals surface area (Å²) in [4.78, 5) is 10.3. The molecule has 0 bridgehead atoms. The van der Waals surface area contributed by atoms with Crippen LogP contribution in [0.25, 0.3) is 0 Å². The van der Waals surface area contributed by atoms with E-state index in [9.17, 15) is 4.79 Å². The van der Waals surface area contributed by atoms with Crippen LogP contribution in [0.3, 0.4) is 0 Å². The lowest BCUT2D eigenvalue weighted by Gasteiger charge is -1.86. The van der Waals surface area contributed by atoms with Gasteiger partial charge in [-0.1, -0.05) is 6.07 Å². The standard InChI is InChI=1S/C7H8N2O/c8-7(10)6-9-4-2-1-3-5-9/h1-6H,(H2,8,10)/q+1. The molecule has 1 heterocycles. The van der Waals surface area contributed by atoms with Gasteiger partial charge in [-0.15, -0.1) is 0 Å². The molecule has 1 aromatic rings. The zero-order chi connectivity index (χ0) is 7.40. The van der Waals surface area contributed by atoms with Crippen LogP contribution in [-0.4, -0.2) is 5.91 Å². The zero-order valence-corrected chi connectivity index (χ0v) is 5.40. The van der Waals surface area contributed by atoms with Crippen LogP contribution >= 0.6 is 0 Å². The Kier molecular flexibility index (Phi) is 1.99. The quantitative estimate of drug-likeness (QED) is 0.546.